The maximum atomic E-state index is 12.8. The molecule has 2 heteroatoms. The topological polar surface area (TPSA) is 26.3 Å². The molecular formula is C27H22O2. The van der Waals surface area contributed by atoms with Crippen molar-refractivity contribution in [3.63, 3.8) is 0 Å². The Balaban J connectivity index is 1.74. The van der Waals surface area contributed by atoms with Crippen LogP contribution in [0.25, 0.3) is 0 Å². The molecule has 0 aromatic heterocycles. The van der Waals surface area contributed by atoms with Crippen LogP contribution in [0.5, 0.6) is 0 Å². The molecule has 0 bridgehead atoms. The Morgan fingerprint density at radius 3 is 2.21 bits per heavy atom. The van der Waals surface area contributed by atoms with Gasteiger partial charge in [0.2, 0.25) is 0 Å². The largest absolute Gasteiger partial charge is 0.433 e. The van der Waals surface area contributed by atoms with Crippen LogP contribution >= 0.6 is 0 Å². The number of aryl methyl sites for hydroxylation is 1. The van der Waals surface area contributed by atoms with Crippen LogP contribution in [0.3, 0.4) is 0 Å². The summed E-state index contributed by atoms with van der Waals surface area (Å²) in [5.41, 5.74) is 5.19. The number of carbonyl (C=O) groups excluding carboxylic acids is 1. The SMILES string of the molecule is Cc1ccccc1C[C@@H]1C(=O)OC=C(C#Cc2ccccc2)[C@H]1c1ccccc1. The van der Waals surface area contributed by atoms with Crippen molar-refractivity contribution in [1.82, 2.24) is 0 Å². The second-order valence-corrected chi connectivity index (χ2v) is 7.25. The summed E-state index contributed by atoms with van der Waals surface area (Å²) >= 11 is 0. The fourth-order valence-electron chi connectivity index (χ4n) is 3.76. The fourth-order valence-corrected chi connectivity index (χ4v) is 3.76. The molecule has 0 N–H and O–H groups in total. The Morgan fingerprint density at radius 1 is 0.828 bits per heavy atom. The van der Waals surface area contributed by atoms with Gasteiger partial charge in [0.15, 0.2) is 0 Å². The molecule has 2 nitrogen and oxygen atoms in total. The van der Waals surface area contributed by atoms with E-state index in [1.807, 2.05) is 60.7 Å². The summed E-state index contributed by atoms with van der Waals surface area (Å²) in [6.07, 6.45) is 2.15. The van der Waals surface area contributed by atoms with E-state index in [1.54, 1.807) is 0 Å². The van der Waals surface area contributed by atoms with Crippen molar-refractivity contribution in [2.24, 2.45) is 5.92 Å². The molecule has 1 heterocycles. The molecular weight excluding hydrogens is 356 g/mol. The minimum atomic E-state index is -0.316. The number of hydrogen-bond donors (Lipinski definition) is 0. The maximum absolute atomic E-state index is 12.8. The third-order valence-corrected chi connectivity index (χ3v) is 5.33. The first-order valence-electron chi connectivity index (χ1n) is 9.79. The lowest BCUT2D eigenvalue weighted by molar-refractivity contribution is -0.144. The maximum Gasteiger partial charge on any atom is 0.315 e. The van der Waals surface area contributed by atoms with Gasteiger partial charge < -0.3 is 4.74 Å². The highest BCUT2D eigenvalue weighted by atomic mass is 16.5. The first kappa shape index (κ1) is 18.8. The average molecular weight is 378 g/mol. The third kappa shape index (κ3) is 4.31. The van der Waals surface area contributed by atoms with Crippen molar-refractivity contribution in [2.45, 2.75) is 19.3 Å². The Bertz CT molecular complexity index is 1090. The summed E-state index contributed by atoms with van der Waals surface area (Å²) in [4.78, 5) is 12.8. The first-order chi connectivity index (χ1) is 14.2. The lowest BCUT2D eigenvalue weighted by Gasteiger charge is -2.29. The van der Waals surface area contributed by atoms with Crippen molar-refractivity contribution in [3.05, 3.63) is 119 Å². The number of hydrogen-bond acceptors (Lipinski definition) is 2. The van der Waals surface area contributed by atoms with E-state index in [1.165, 1.54) is 11.8 Å². The van der Waals surface area contributed by atoms with Crippen molar-refractivity contribution < 1.29 is 9.53 Å². The molecule has 0 radical (unpaired) electrons. The minimum absolute atomic E-state index is 0.131. The second-order valence-electron chi connectivity index (χ2n) is 7.25. The average Bonchev–Trinajstić information content (AvgIpc) is 2.77. The number of allylic oxidation sites excluding steroid dienone is 1. The molecule has 142 valence electrons. The van der Waals surface area contributed by atoms with Gasteiger partial charge in [0.1, 0.15) is 6.26 Å². The fraction of sp³-hybridized carbons (Fsp3) is 0.148. The molecule has 1 aliphatic heterocycles. The zero-order valence-corrected chi connectivity index (χ0v) is 16.3. The lowest BCUT2D eigenvalue weighted by Crippen LogP contribution is -2.30. The number of esters is 1. The van der Waals surface area contributed by atoms with Gasteiger partial charge in [-0.05, 0) is 42.2 Å². The molecule has 0 saturated carbocycles. The smallest absolute Gasteiger partial charge is 0.315 e. The Kier molecular flexibility index (Phi) is 5.59. The number of benzene rings is 3. The van der Waals surface area contributed by atoms with Gasteiger partial charge >= 0.3 is 5.97 Å². The minimum Gasteiger partial charge on any atom is -0.433 e. The highest BCUT2D eigenvalue weighted by molar-refractivity contribution is 5.78. The molecule has 4 rings (SSSR count). The number of rotatable bonds is 3. The van der Waals surface area contributed by atoms with E-state index in [2.05, 4.69) is 43.0 Å². The molecule has 0 aliphatic carbocycles. The van der Waals surface area contributed by atoms with Crippen molar-refractivity contribution in [3.8, 4) is 11.8 Å². The quantitative estimate of drug-likeness (QED) is 0.449. The van der Waals surface area contributed by atoms with Gasteiger partial charge in [-0.25, -0.2) is 0 Å². The molecule has 0 saturated heterocycles. The van der Waals surface area contributed by atoms with Gasteiger partial charge in [0.05, 0.1) is 5.92 Å². The zero-order chi connectivity index (χ0) is 20.1. The van der Waals surface area contributed by atoms with Crippen LogP contribution in [-0.4, -0.2) is 5.97 Å². The Morgan fingerprint density at radius 2 is 1.48 bits per heavy atom. The summed E-state index contributed by atoms with van der Waals surface area (Å²) in [5.74, 6) is 5.84. The van der Waals surface area contributed by atoms with Crippen LogP contribution in [0.1, 0.15) is 28.2 Å². The number of cyclic esters (lactones) is 1. The van der Waals surface area contributed by atoms with Gasteiger partial charge in [0.25, 0.3) is 0 Å². The van der Waals surface area contributed by atoms with E-state index >= 15 is 0 Å². The van der Waals surface area contributed by atoms with Gasteiger partial charge in [-0.3, -0.25) is 4.79 Å². The number of carbonyl (C=O) groups is 1. The molecule has 2 atom stereocenters. The Hall–Kier alpha value is -3.57. The van der Waals surface area contributed by atoms with Gasteiger partial charge in [-0.1, -0.05) is 84.6 Å². The Labute approximate surface area is 171 Å². The van der Waals surface area contributed by atoms with Crippen LogP contribution in [-0.2, 0) is 16.0 Å². The van der Waals surface area contributed by atoms with Gasteiger partial charge in [0, 0.05) is 17.1 Å². The number of ether oxygens (including phenoxy) is 1. The predicted octanol–water partition coefficient (Wildman–Crippen LogP) is 5.43. The molecule has 29 heavy (non-hydrogen) atoms. The van der Waals surface area contributed by atoms with Crippen LogP contribution < -0.4 is 0 Å². The summed E-state index contributed by atoms with van der Waals surface area (Å²) in [7, 11) is 0. The molecule has 0 unspecified atom stereocenters. The van der Waals surface area contributed by atoms with E-state index in [-0.39, 0.29) is 17.8 Å². The molecule has 3 aromatic carbocycles. The summed E-state index contributed by atoms with van der Waals surface area (Å²) in [6.45, 7) is 2.08. The van der Waals surface area contributed by atoms with E-state index in [0.717, 1.165) is 22.3 Å². The van der Waals surface area contributed by atoms with Gasteiger partial charge in [-0.15, -0.1) is 0 Å². The monoisotopic (exact) mass is 378 g/mol. The highest BCUT2D eigenvalue weighted by Gasteiger charge is 2.36. The van der Waals surface area contributed by atoms with Crippen LogP contribution in [0.2, 0.25) is 0 Å². The third-order valence-electron chi connectivity index (χ3n) is 5.33. The lowest BCUT2D eigenvalue weighted by atomic mass is 9.76. The van der Waals surface area contributed by atoms with Crippen LogP contribution in [0.4, 0.5) is 0 Å². The van der Waals surface area contributed by atoms with Crippen molar-refractivity contribution in [1.29, 1.82) is 0 Å². The first-order valence-corrected chi connectivity index (χ1v) is 9.79. The molecule has 0 fully saturated rings. The van der Waals surface area contributed by atoms with Crippen molar-refractivity contribution in [2.75, 3.05) is 0 Å². The van der Waals surface area contributed by atoms with Gasteiger partial charge in [-0.2, -0.15) is 0 Å². The van der Waals surface area contributed by atoms with Crippen LogP contribution in [0, 0.1) is 24.7 Å². The summed E-state index contributed by atoms with van der Waals surface area (Å²) in [6, 6.07) is 28.2. The molecule has 0 amide bonds. The highest BCUT2D eigenvalue weighted by Crippen LogP contribution is 2.38. The van der Waals surface area contributed by atoms with E-state index in [9.17, 15) is 4.79 Å². The standard InChI is InChI=1S/C27H22O2/c1-20-10-8-9-15-23(20)18-25-26(22-13-6-3-7-14-22)24(19-29-27(25)28)17-16-21-11-4-2-5-12-21/h2-15,19,25-26H,18H2,1H3/t25-,26+/m0/s1. The summed E-state index contributed by atoms with van der Waals surface area (Å²) < 4.78 is 5.45. The van der Waals surface area contributed by atoms with Crippen LogP contribution in [0.15, 0.2) is 96.8 Å². The predicted molar refractivity (Wildman–Crippen MR) is 115 cm³/mol. The van der Waals surface area contributed by atoms with E-state index in [4.69, 9.17) is 4.74 Å². The van der Waals surface area contributed by atoms with E-state index in [0.29, 0.717) is 6.42 Å². The summed E-state index contributed by atoms with van der Waals surface area (Å²) in [5, 5.41) is 0. The second kappa shape index (κ2) is 8.63. The molecule has 3 aromatic rings. The zero-order valence-electron chi connectivity index (χ0n) is 16.3. The molecule has 0 spiro atoms. The normalized spacial score (nSPS) is 18.2. The van der Waals surface area contributed by atoms with E-state index < -0.39 is 0 Å². The van der Waals surface area contributed by atoms with Crippen molar-refractivity contribution >= 4 is 5.97 Å². The molecule has 1 aliphatic rings.